The van der Waals surface area contributed by atoms with Gasteiger partial charge in [0.05, 0.1) is 0 Å². The average molecular weight is 239 g/mol. The summed E-state index contributed by atoms with van der Waals surface area (Å²) < 4.78 is 0. The van der Waals surface area contributed by atoms with Gasteiger partial charge in [0.2, 0.25) is 6.49 Å². The van der Waals surface area contributed by atoms with E-state index >= 15 is 0 Å². The average Bonchev–Trinajstić information content (AvgIpc) is 2.48. The maximum atomic E-state index is 10.1. The van der Waals surface area contributed by atoms with Crippen molar-refractivity contribution in [2.45, 2.75) is 31.5 Å². The standard InChI is InChI=1S/C8H18NO3PS/c1-6-3-2-4-7(6)8(10,5-9)13(11,12)14/h6-7,10H,2-5,9H2,1H3,(H2,11,12,14)/t6-,7+,8?/m0/s1. The molecule has 6 heteroatoms. The zero-order valence-electron chi connectivity index (χ0n) is 8.26. The highest BCUT2D eigenvalue weighted by Crippen LogP contribution is 2.57. The monoisotopic (exact) mass is 239 g/mol. The van der Waals surface area contributed by atoms with Gasteiger partial charge in [0, 0.05) is 12.5 Å². The van der Waals surface area contributed by atoms with Crippen LogP contribution >= 0.6 is 6.49 Å². The lowest BCUT2D eigenvalue weighted by molar-refractivity contribution is 0.0390. The van der Waals surface area contributed by atoms with Gasteiger partial charge in [-0.25, -0.2) is 0 Å². The van der Waals surface area contributed by atoms with E-state index in [4.69, 9.17) is 5.73 Å². The highest BCUT2D eigenvalue weighted by molar-refractivity contribution is 8.09. The van der Waals surface area contributed by atoms with Crippen LogP contribution in [0.2, 0.25) is 0 Å². The lowest BCUT2D eigenvalue weighted by atomic mass is 9.91. The molecule has 5 N–H and O–H groups in total. The van der Waals surface area contributed by atoms with E-state index in [0.717, 1.165) is 19.3 Å². The normalized spacial score (nSPS) is 32.9. The Bertz CT molecular complexity index is 257. The molecule has 1 aliphatic rings. The lowest BCUT2D eigenvalue weighted by Gasteiger charge is -2.38. The fourth-order valence-corrected chi connectivity index (χ4v) is 4.00. The minimum absolute atomic E-state index is 0.173. The zero-order chi connectivity index (χ0) is 11.0. The third kappa shape index (κ3) is 2.03. The van der Waals surface area contributed by atoms with Gasteiger partial charge in [0.25, 0.3) is 0 Å². The summed E-state index contributed by atoms with van der Waals surface area (Å²) in [6.07, 6.45) is 2.75. The molecule has 1 fully saturated rings. The summed E-state index contributed by atoms with van der Waals surface area (Å²) in [4.78, 5) is 18.9. The second-order valence-corrected chi connectivity index (χ2v) is 7.53. The molecule has 1 aliphatic carbocycles. The quantitative estimate of drug-likeness (QED) is 0.534. The summed E-state index contributed by atoms with van der Waals surface area (Å²) in [5.41, 5.74) is 5.43. The van der Waals surface area contributed by atoms with Gasteiger partial charge >= 0.3 is 0 Å². The Labute approximate surface area is 89.3 Å². The molecule has 0 aliphatic heterocycles. The highest BCUT2D eigenvalue weighted by Gasteiger charge is 2.50. The minimum Gasteiger partial charge on any atom is -0.378 e. The molecular weight excluding hydrogens is 221 g/mol. The largest absolute Gasteiger partial charge is 0.378 e. The van der Waals surface area contributed by atoms with Crippen molar-refractivity contribution in [1.82, 2.24) is 0 Å². The molecule has 1 unspecified atom stereocenters. The van der Waals surface area contributed by atoms with Crippen LogP contribution in [0.3, 0.4) is 0 Å². The molecule has 0 radical (unpaired) electrons. The highest BCUT2D eigenvalue weighted by atomic mass is 32.5. The van der Waals surface area contributed by atoms with Crippen LogP contribution in [0.4, 0.5) is 0 Å². The first-order valence-corrected chi connectivity index (χ1v) is 7.52. The second-order valence-electron chi connectivity index (χ2n) is 4.14. The maximum Gasteiger partial charge on any atom is 0.216 e. The van der Waals surface area contributed by atoms with Crippen molar-refractivity contribution < 1.29 is 14.9 Å². The Morgan fingerprint density at radius 3 is 2.36 bits per heavy atom. The van der Waals surface area contributed by atoms with Crippen LogP contribution in [0.1, 0.15) is 26.2 Å². The van der Waals surface area contributed by atoms with Crippen LogP contribution in [-0.4, -0.2) is 26.8 Å². The number of rotatable bonds is 3. The van der Waals surface area contributed by atoms with Crippen LogP contribution in [-0.2, 0) is 11.8 Å². The van der Waals surface area contributed by atoms with Gasteiger partial charge in [-0.15, -0.1) is 0 Å². The summed E-state index contributed by atoms with van der Waals surface area (Å²) in [7, 11) is 0. The van der Waals surface area contributed by atoms with Gasteiger partial charge in [-0.2, -0.15) is 0 Å². The van der Waals surface area contributed by atoms with E-state index in [1.165, 1.54) is 0 Å². The van der Waals surface area contributed by atoms with Crippen LogP contribution < -0.4 is 5.73 Å². The van der Waals surface area contributed by atoms with Gasteiger partial charge < -0.3 is 20.6 Å². The van der Waals surface area contributed by atoms with E-state index in [1.807, 2.05) is 6.92 Å². The predicted octanol–water partition coefficient (Wildman–Crippen LogP) is 0.364. The molecule has 0 spiro atoms. The van der Waals surface area contributed by atoms with Crippen LogP contribution in [0, 0.1) is 11.8 Å². The summed E-state index contributed by atoms with van der Waals surface area (Å²) in [6.45, 7) is -1.90. The van der Waals surface area contributed by atoms with Crippen LogP contribution in [0.25, 0.3) is 0 Å². The van der Waals surface area contributed by atoms with E-state index in [2.05, 4.69) is 11.8 Å². The number of hydrogen-bond donors (Lipinski definition) is 4. The molecule has 3 atom stereocenters. The van der Waals surface area contributed by atoms with Crippen molar-refractivity contribution >= 4 is 18.3 Å². The van der Waals surface area contributed by atoms with Gasteiger partial charge in [0.1, 0.15) is 0 Å². The van der Waals surface area contributed by atoms with E-state index in [1.54, 1.807) is 0 Å². The smallest absolute Gasteiger partial charge is 0.216 e. The Kier molecular flexibility index (Phi) is 3.73. The SMILES string of the molecule is C[C@H]1CCC[C@H]1C(O)(CN)P(O)(O)=S. The van der Waals surface area contributed by atoms with Crippen molar-refractivity contribution in [3.63, 3.8) is 0 Å². The topological polar surface area (TPSA) is 86.7 Å². The van der Waals surface area contributed by atoms with Crippen molar-refractivity contribution in [1.29, 1.82) is 0 Å². The van der Waals surface area contributed by atoms with Gasteiger partial charge in [-0.1, -0.05) is 19.8 Å². The molecule has 0 aromatic heterocycles. The van der Waals surface area contributed by atoms with E-state index in [0.29, 0.717) is 0 Å². The molecule has 0 bridgehead atoms. The molecule has 0 saturated heterocycles. The van der Waals surface area contributed by atoms with Crippen molar-refractivity contribution in [3.05, 3.63) is 0 Å². The molecule has 1 rings (SSSR count). The van der Waals surface area contributed by atoms with Crippen molar-refractivity contribution in [3.8, 4) is 0 Å². The molecule has 0 aromatic rings. The molecule has 0 amide bonds. The summed E-state index contributed by atoms with van der Waals surface area (Å²) in [5.74, 6) is 0.0820. The molecule has 0 heterocycles. The van der Waals surface area contributed by atoms with E-state index < -0.39 is 11.8 Å². The second kappa shape index (κ2) is 4.16. The summed E-state index contributed by atoms with van der Waals surface area (Å²) in [6, 6.07) is 0. The van der Waals surface area contributed by atoms with Gasteiger partial charge in [-0.05, 0) is 24.1 Å². The van der Waals surface area contributed by atoms with Crippen molar-refractivity contribution in [2.24, 2.45) is 17.6 Å². The summed E-state index contributed by atoms with van der Waals surface area (Å²) in [5, 5.41) is 8.49. The molecular formula is C8H18NO3PS. The lowest BCUT2D eigenvalue weighted by Crippen LogP contribution is -2.45. The Hall–Kier alpha value is 0.490. The minimum atomic E-state index is -3.71. The third-order valence-electron chi connectivity index (χ3n) is 3.26. The number of hydrogen-bond acceptors (Lipinski definition) is 3. The molecule has 4 nitrogen and oxygen atoms in total. The molecule has 84 valence electrons. The summed E-state index contributed by atoms with van der Waals surface area (Å²) >= 11 is 4.60. The fraction of sp³-hybridized carbons (Fsp3) is 1.00. The zero-order valence-corrected chi connectivity index (χ0v) is 9.97. The van der Waals surface area contributed by atoms with Gasteiger partial charge in [0.15, 0.2) is 5.34 Å². The number of aliphatic hydroxyl groups is 1. The van der Waals surface area contributed by atoms with Crippen LogP contribution in [0.5, 0.6) is 0 Å². The van der Waals surface area contributed by atoms with Crippen molar-refractivity contribution in [2.75, 3.05) is 6.54 Å². The third-order valence-corrected chi connectivity index (χ3v) is 5.73. The molecule has 0 aromatic carbocycles. The number of nitrogens with two attached hydrogens (primary N) is 1. The first-order valence-electron chi connectivity index (χ1n) is 4.81. The predicted molar refractivity (Wildman–Crippen MR) is 59.2 cm³/mol. The van der Waals surface area contributed by atoms with E-state index in [9.17, 15) is 14.9 Å². The van der Waals surface area contributed by atoms with E-state index in [-0.39, 0.29) is 18.4 Å². The maximum absolute atomic E-state index is 10.1. The Balaban J connectivity index is 2.95. The first-order chi connectivity index (χ1) is 6.33. The Morgan fingerprint density at radius 1 is 1.50 bits per heavy atom. The van der Waals surface area contributed by atoms with Crippen LogP contribution in [0.15, 0.2) is 0 Å². The molecule has 1 saturated carbocycles. The fourth-order valence-electron chi connectivity index (χ4n) is 2.32. The Morgan fingerprint density at radius 2 is 2.07 bits per heavy atom. The van der Waals surface area contributed by atoms with Gasteiger partial charge in [-0.3, -0.25) is 0 Å². The molecule has 14 heavy (non-hydrogen) atoms. The first kappa shape index (κ1) is 12.6.